The van der Waals surface area contributed by atoms with Crippen molar-refractivity contribution in [3.05, 3.63) is 89.5 Å². The van der Waals surface area contributed by atoms with Crippen molar-refractivity contribution in [2.24, 2.45) is 0 Å². The van der Waals surface area contributed by atoms with E-state index in [9.17, 15) is 4.39 Å². The SMILES string of the molecule is CN(Cc1cc(-c2ccccc2)no1)Cc1nc(Cc2cccc(F)c2)no1. The molecule has 6 nitrogen and oxygen atoms in total. The average molecular weight is 378 g/mol. The predicted molar refractivity (Wildman–Crippen MR) is 101 cm³/mol. The molecule has 7 heteroatoms. The topological polar surface area (TPSA) is 68.2 Å². The van der Waals surface area contributed by atoms with Crippen LogP contribution in [-0.4, -0.2) is 27.2 Å². The van der Waals surface area contributed by atoms with Crippen LogP contribution in [0.5, 0.6) is 0 Å². The Kier molecular flexibility index (Phi) is 5.25. The monoisotopic (exact) mass is 378 g/mol. The molecule has 142 valence electrons. The maximum atomic E-state index is 13.3. The van der Waals surface area contributed by atoms with Gasteiger partial charge in [-0.05, 0) is 24.7 Å². The second-order valence-electron chi connectivity index (χ2n) is 6.63. The molecule has 0 aliphatic carbocycles. The lowest BCUT2D eigenvalue weighted by Crippen LogP contribution is -2.17. The molecular formula is C21H19FN4O2. The maximum absolute atomic E-state index is 13.3. The average Bonchev–Trinajstić information content (AvgIpc) is 3.32. The highest BCUT2D eigenvalue weighted by molar-refractivity contribution is 5.58. The van der Waals surface area contributed by atoms with Crippen molar-refractivity contribution in [1.29, 1.82) is 0 Å². The molecule has 4 aromatic rings. The number of nitrogens with zero attached hydrogens (tertiary/aromatic N) is 4. The van der Waals surface area contributed by atoms with Gasteiger partial charge in [0.1, 0.15) is 11.5 Å². The van der Waals surface area contributed by atoms with Crippen molar-refractivity contribution in [2.75, 3.05) is 7.05 Å². The first kappa shape index (κ1) is 18.1. The van der Waals surface area contributed by atoms with Gasteiger partial charge in [0.25, 0.3) is 0 Å². The van der Waals surface area contributed by atoms with Crippen molar-refractivity contribution in [2.45, 2.75) is 19.5 Å². The van der Waals surface area contributed by atoms with E-state index in [1.807, 2.05) is 54.4 Å². The molecule has 0 saturated carbocycles. The van der Waals surface area contributed by atoms with E-state index in [4.69, 9.17) is 9.05 Å². The summed E-state index contributed by atoms with van der Waals surface area (Å²) >= 11 is 0. The van der Waals surface area contributed by atoms with E-state index in [2.05, 4.69) is 15.3 Å². The summed E-state index contributed by atoms with van der Waals surface area (Å²) in [4.78, 5) is 6.38. The van der Waals surface area contributed by atoms with Crippen LogP contribution in [0.25, 0.3) is 11.3 Å². The minimum absolute atomic E-state index is 0.275. The molecule has 0 N–H and O–H groups in total. The summed E-state index contributed by atoms with van der Waals surface area (Å²) in [6, 6.07) is 18.2. The van der Waals surface area contributed by atoms with Crippen LogP contribution in [0.2, 0.25) is 0 Å². The second kappa shape index (κ2) is 8.14. The lowest BCUT2D eigenvalue weighted by Gasteiger charge is -2.10. The van der Waals surface area contributed by atoms with Crippen LogP contribution in [0.1, 0.15) is 23.0 Å². The summed E-state index contributed by atoms with van der Waals surface area (Å²) in [6.45, 7) is 1.03. The van der Waals surface area contributed by atoms with Gasteiger partial charge in [-0.15, -0.1) is 0 Å². The molecule has 0 saturated heterocycles. The van der Waals surface area contributed by atoms with E-state index in [1.54, 1.807) is 6.07 Å². The molecule has 0 spiro atoms. The standard InChI is InChI=1S/C21H19FN4O2/c1-26(13-18-12-19(24-27-18)16-7-3-2-4-8-16)14-21-23-20(25-28-21)11-15-6-5-9-17(22)10-15/h2-10,12H,11,13-14H2,1H3. The quantitative estimate of drug-likeness (QED) is 0.483. The molecule has 2 heterocycles. The summed E-state index contributed by atoms with van der Waals surface area (Å²) in [5.74, 6) is 1.50. The lowest BCUT2D eigenvalue weighted by molar-refractivity contribution is 0.233. The first-order valence-electron chi connectivity index (χ1n) is 8.91. The van der Waals surface area contributed by atoms with Crippen LogP contribution < -0.4 is 0 Å². The smallest absolute Gasteiger partial charge is 0.240 e. The summed E-state index contributed by atoms with van der Waals surface area (Å²) in [6.07, 6.45) is 0.424. The molecule has 0 aliphatic rings. The fourth-order valence-corrected chi connectivity index (χ4v) is 2.94. The number of hydrogen-bond acceptors (Lipinski definition) is 6. The Morgan fingerprint density at radius 1 is 0.929 bits per heavy atom. The molecule has 0 bridgehead atoms. The number of benzene rings is 2. The van der Waals surface area contributed by atoms with Gasteiger partial charge in [-0.3, -0.25) is 4.90 Å². The van der Waals surface area contributed by atoms with E-state index in [-0.39, 0.29) is 5.82 Å². The Labute approximate surface area is 161 Å². The molecule has 2 aromatic carbocycles. The highest BCUT2D eigenvalue weighted by atomic mass is 19.1. The van der Waals surface area contributed by atoms with Gasteiger partial charge in [0, 0.05) is 18.1 Å². The van der Waals surface area contributed by atoms with E-state index < -0.39 is 0 Å². The van der Waals surface area contributed by atoms with E-state index in [1.165, 1.54) is 12.1 Å². The Hall–Kier alpha value is -3.32. The third-order valence-electron chi connectivity index (χ3n) is 4.22. The number of aromatic nitrogens is 3. The Morgan fingerprint density at radius 3 is 2.61 bits per heavy atom. The van der Waals surface area contributed by atoms with E-state index in [0.29, 0.717) is 31.2 Å². The van der Waals surface area contributed by atoms with Crippen molar-refractivity contribution >= 4 is 0 Å². The van der Waals surface area contributed by atoms with Crippen molar-refractivity contribution < 1.29 is 13.4 Å². The van der Waals surface area contributed by atoms with Gasteiger partial charge in [0.15, 0.2) is 11.6 Å². The van der Waals surface area contributed by atoms with E-state index >= 15 is 0 Å². The molecule has 0 radical (unpaired) electrons. The minimum atomic E-state index is -0.275. The van der Waals surface area contributed by atoms with Crippen molar-refractivity contribution in [3.8, 4) is 11.3 Å². The zero-order valence-corrected chi connectivity index (χ0v) is 15.4. The minimum Gasteiger partial charge on any atom is -0.359 e. The van der Waals surface area contributed by atoms with Crippen LogP contribution in [0.4, 0.5) is 4.39 Å². The van der Waals surface area contributed by atoms with Crippen molar-refractivity contribution in [3.63, 3.8) is 0 Å². The fourth-order valence-electron chi connectivity index (χ4n) is 2.94. The van der Waals surface area contributed by atoms with Gasteiger partial charge in [-0.25, -0.2) is 4.39 Å². The molecule has 0 amide bonds. The molecule has 0 fully saturated rings. The van der Waals surface area contributed by atoms with Gasteiger partial charge < -0.3 is 9.05 Å². The zero-order chi connectivity index (χ0) is 19.3. The van der Waals surface area contributed by atoms with Gasteiger partial charge in [0.2, 0.25) is 5.89 Å². The lowest BCUT2D eigenvalue weighted by atomic mass is 10.1. The van der Waals surface area contributed by atoms with E-state index in [0.717, 1.165) is 22.6 Å². The van der Waals surface area contributed by atoms with Crippen LogP contribution in [0.3, 0.4) is 0 Å². The molecule has 0 unspecified atom stereocenters. The third kappa shape index (κ3) is 4.50. The zero-order valence-electron chi connectivity index (χ0n) is 15.4. The van der Waals surface area contributed by atoms with Gasteiger partial charge in [0.05, 0.1) is 13.1 Å². The number of hydrogen-bond donors (Lipinski definition) is 0. The highest BCUT2D eigenvalue weighted by Crippen LogP contribution is 2.19. The van der Waals surface area contributed by atoms with Crippen LogP contribution >= 0.6 is 0 Å². The molecule has 2 aromatic heterocycles. The molecular weight excluding hydrogens is 359 g/mol. The summed E-state index contributed by atoms with van der Waals surface area (Å²) in [7, 11) is 1.93. The summed E-state index contributed by atoms with van der Waals surface area (Å²) in [5.41, 5.74) is 2.62. The summed E-state index contributed by atoms with van der Waals surface area (Å²) < 4.78 is 24.0. The first-order chi connectivity index (χ1) is 13.7. The van der Waals surface area contributed by atoms with Crippen LogP contribution in [-0.2, 0) is 19.5 Å². The predicted octanol–water partition coefficient (Wildman–Crippen LogP) is 4.09. The van der Waals surface area contributed by atoms with Crippen LogP contribution in [0.15, 0.2) is 69.7 Å². The Morgan fingerprint density at radius 2 is 1.79 bits per heavy atom. The largest absolute Gasteiger partial charge is 0.359 e. The highest BCUT2D eigenvalue weighted by Gasteiger charge is 2.13. The molecule has 0 aliphatic heterocycles. The first-order valence-corrected chi connectivity index (χ1v) is 8.91. The normalized spacial score (nSPS) is 11.2. The second-order valence-corrected chi connectivity index (χ2v) is 6.63. The third-order valence-corrected chi connectivity index (χ3v) is 4.22. The Balaban J connectivity index is 1.35. The number of rotatable bonds is 7. The maximum Gasteiger partial charge on any atom is 0.240 e. The molecule has 28 heavy (non-hydrogen) atoms. The van der Waals surface area contributed by atoms with Gasteiger partial charge >= 0.3 is 0 Å². The van der Waals surface area contributed by atoms with Gasteiger partial charge in [-0.2, -0.15) is 4.98 Å². The number of halogens is 1. The van der Waals surface area contributed by atoms with Gasteiger partial charge in [-0.1, -0.05) is 52.8 Å². The van der Waals surface area contributed by atoms with Crippen molar-refractivity contribution in [1.82, 2.24) is 20.2 Å². The van der Waals surface area contributed by atoms with Crippen LogP contribution in [0, 0.1) is 5.82 Å². The molecule has 4 rings (SSSR count). The Bertz CT molecular complexity index is 1050. The fraction of sp³-hybridized carbons (Fsp3) is 0.190. The molecule has 0 atom stereocenters. The summed E-state index contributed by atoms with van der Waals surface area (Å²) in [5, 5.41) is 8.09.